The van der Waals surface area contributed by atoms with Gasteiger partial charge in [-0.25, -0.2) is 9.78 Å². The third-order valence-corrected chi connectivity index (χ3v) is 4.45. The van der Waals surface area contributed by atoms with Crippen molar-refractivity contribution < 1.29 is 9.21 Å². The van der Waals surface area contributed by atoms with Gasteiger partial charge in [0.2, 0.25) is 0 Å². The van der Waals surface area contributed by atoms with Gasteiger partial charge in [0.05, 0.1) is 11.3 Å². The molecule has 0 spiro atoms. The highest BCUT2D eigenvalue weighted by molar-refractivity contribution is 7.14. The number of hydrogen-bond donors (Lipinski definition) is 1. The number of anilines is 1. The Labute approximate surface area is 145 Å². The number of fused-ring (bicyclic) bond motifs is 1. The highest BCUT2D eigenvalue weighted by Crippen LogP contribution is 2.25. The van der Waals surface area contributed by atoms with E-state index in [4.69, 9.17) is 4.42 Å². The van der Waals surface area contributed by atoms with E-state index in [-0.39, 0.29) is 5.91 Å². The second-order valence-corrected chi connectivity index (χ2v) is 6.18. The Bertz CT molecular complexity index is 1140. The van der Waals surface area contributed by atoms with E-state index in [9.17, 15) is 9.59 Å². The fourth-order valence-electron chi connectivity index (χ4n) is 2.45. The zero-order chi connectivity index (χ0) is 17.4. The molecule has 0 bridgehead atoms. The molecule has 4 rings (SSSR count). The summed E-state index contributed by atoms with van der Waals surface area (Å²) in [5.74, 6) is -0.313. The number of carbonyl (C=O) groups is 1. The van der Waals surface area contributed by atoms with E-state index in [2.05, 4.69) is 15.4 Å². The first-order chi connectivity index (χ1) is 12.1. The number of nitrogens with zero attached hydrogens (tertiary/aromatic N) is 3. The summed E-state index contributed by atoms with van der Waals surface area (Å²) in [5.41, 5.74) is 1.30. The Hall–Kier alpha value is -3.26. The highest BCUT2D eigenvalue weighted by Gasteiger charge is 2.15. The maximum Gasteiger partial charge on any atom is 0.345 e. The minimum absolute atomic E-state index is 0.313. The van der Waals surface area contributed by atoms with Crippen LogP contribution in [0.25, 0.3) is 22.2 Å². The number of rotatable bonds is 3. The Morgan fingerprint density at radius 3 is 2.92 bits per heavy atom. The lowest BCUT2D eigenvalue weighted by molar-refractivity contribution is 0.101. The molecule has 1 N–H and O–H groups in total. The van der Waals surface area contributed by atoms with Gasteiger partial charge < -0.3 is 4.42 Å². The van der Waals surface area contributed by atoms with Crippen molar-refractivity contribution in [1.82, 2.24) is 14.8 Å². The van der Waals surface area contributed by atoms with Crippen LogP contribution >= 0.6 is 11.3 Å². The van der Waals surface area contributed by atoms with Crippen LogP contribution in [-0.4, -0.2) is 20.7 Å². The summed E-state index contributed by atoms with van der Waals surface area (Å²) in [7, 11) is 1.68. The molecule has 4 aromatic rings. The van der Waals surface area contributed by atoms with Crippen LogP contribution in [0, 0.1) is 0 Å². The SMILES string of the molecule is Cn1nccc1C(=O)Nc1nc(-c2cc3ccccc3oc2=O)cs1. The third-order valence-electron chi connectivity index (χ3n) is 3.70. The average Bonchev–Trinajstić information content (AvgIpc) is 3.23. The van der Waals surface area contributed by atoms with Gasteiger partial charge in [0, 0.05) is 24.0 Å². The first-order valence-corrected chi connectivity index (χ1v) is 8.28. The molecule has 0 fully saturated rings. The molecule has 0 saturated carbocycles. The van der Waals surface area contributed by atoms with Crippen LogP contribution < -0.4 is 10.9 Å². The van der Waals surface area contributed by atoms with E-state index in [0.717, 1.165) is 5.39 Å². The molecule has 0 aliphatic heterocycles. The summed E-state index contributed by atoms with van der Waals surface area (Å²) in [5, 5.41) is 9.58. The molecule has 0 aliphatic carbocycles. The van der Waals surface area contributed by atoms with Crippen LogP contribution in [0.4, 0.5) is 5.13 Å². The summed E-state index contributed by atoms with van der Waals surface area (Å²) < 4.78 is 6.80. The Morgan fingerprint density at radius 2 is 2.12 bits per heavy atom. The number of hydrogen-bond acceptors (Lipinski definition) is 6. The van der Waals surface area contributed by atoms with E-state index < -0.39 is 5.63 Å². The number of carbonyl (C=O) groups excluding carboxylic acids is 1. The lowest BCUT2D eigenvalue weighted by Gasteiger charge is -2.01. The van der Waals surface area contributed by atoms with Gasteiger partial charge in [-0.05, 0) is 18.2 Å². The topological polar surface area (TPSA) is 90.0 Å². The first-order valence-electron chi connectivity index (χ1n) is 7.40. The second-order valence-electron chi connectivity index (χ2n) is 5.32. The molecule has 1 amide bonds. The average molecular weight is 352 g/mol. The maximum atomic E-state index is 12.2. The van der Waals surface area contributed by atoms with Crippen LogP contribution in [-0.2, 0) is 7.05 Å². The zero-order valence-electron chi connectivity index (χ0n) is 13.1. The minimum Gasteiger partial charge on any atom is -0.422 e. The number of benzene rings is 1. The van der Waals surface area contributed by atoms with Crippen LogP contribution in [0.5, 0.6) is 0 Å². The lowest BCUT2D eigenvalue weighted by Crippen LogP contribution is -2.16. The zero-order valence-corrected chi connectivity index (χ0v) is 13.9. The first kappa shape index (κ1) is 15.3. The predicted molar refractivity (Wildman–Crippen MR) is 94.8 cm³/mol. The molecular formula is C17H12N4O3S. The van der Waals surface area contributed by atoms with Crippen molar-refractivity contribution >= 4 is 33.3 Å². The van der Waals surface area contributed by atoms with Gasteiger partial charge in [0.1, 0.15) is 11.3 Å². The number of thiazole rings is 1. The molecule has 25 heavy (non-hydrogen) atoms. The summed E-state index contributed by atoms with van der Waals surface area (Å²) in [4.78, 5) is 28.7. The fraction of sp³-hybridized carbons (Fsp3) is 0.0588. The summed E-state index contributed by atoms with van der Waals surface area (Å²) in [6.07, 6.45) is 1.54. The molecule has 0 saturated heterocycles. The fourth-order valence-corrected chi connectivity index (χ4v) is 3.16. The summed E-state index contributed by atoms with van der Waals surface area (Å²) in [6, 6.07) is 10.6. The van der Waals surface area contributed by atoms with Crippen LogP contribution in [0.15, 0.2) is 57.2 Å². The van der Waals surface area contributed by atoms with Crippen molar-refractivity contribution in [3.8, 4) is 11.3 Å². The van der Waals surface area contributed by atoms with Crippen LogP contribution in [0.3, 0.4) is 0 Å². The molecule has 3 heterocycles. The molecule has 0 atom stereocenters. The quantitative estimate of drug-likeness (QED) is 0.573. The molecule has 8 heteroatoms. The van der Waals surface area contributed by atoms with Crippen molar-refractivity contribution in [3.05, 3.63) is 64.1 Å². The standard InChI is InChI=1S/C17H12N4O3S/c1-21-13(6-7-18-21)15(22)20-17-19-12(9-25-17)11-8-10-4-2-3-5-14(10)24-16(11)23/h2-9H,1H3,(H,19,20,22). The third kappa shape index (κ3) is 2.83. The highest BCUT2D eigenvalue weighted by atomic mass is 32.1. The molecule has 7 nitrogen and oxygen atoms in total. The van der Waals surface area contributed by atoms with Crippen LogP contribution in [0.2, 0.25) is 0 Å². The van der Waals surface area contributed by atoms with Crippen molar-refractivity contribution in [2.24, 2.45) is 7.05 Å². The predicted octanol–water partition coefficient (Wildman–Crippen LogP) is 2.90. The van der Waals surface area contributed by atoms with Gasteiger partial charge in [-0.15, -0.1) is 11.3 Å². The van der Waals surface area contributed by atoms with E-state index in [0.29, 0.717) is 27.7 Å². The summed E-state index contributed by atoms with van der Waals surface area (Å²) >= 11 is 1.24. The molecule has 124 valence electrons. The Kier molecular flexibility index (Phi) is 3.66. The van der Waals surface area contributed by atoms with E-state index in [1.54, 1.807) is 42.9 Å². The normalized spacial score (nSPS) is 10.9. The number of aryl methyl sites for hydroxylation is 1. The second kappa shape index (κ2) is 5.99. The van der Waals surface area contributed by atoms with Gasteiger partial charge in [-0.3, -0.25) is 14.8 Å². The van der Waals surface area contributed by atoms with Crippen molar-refractivity contribution in [2.45, 2.75) is 0 Å². The smallest absolute Gasteiger partial charge is 0.345 e. The molecule has 1 aromatic carbocycles. The molecule has 0 radical (unpaired) electrons. The number of para-hydroxylation sites is 1. The monoisotopic (exact) mass is 352 g/mol. The van der Waals surface area contributed by atoms with Crippen molar-refractivity contribution in [2.75, 3.05) is 5.32 Å². The van der Waals surface area contributed by atoms with E-state index >= 15 is 0 Å². The van der Waals surface area contributed by atoms with Crippen LogP contribution in [0.1, 0.15) is 10.5 Å². The minimum atomic E-state index is -0.464. The largest absolute Gasteiger partial charge is 0.422 e. The number of amides is 1. The van der Waals surface area contributed by atoms with E-state index in [1.165, 1.54) is 16.0 Å². The molecule has 0 unspecified atom stereocenters. The van der Waals surface area contributed by atoms with Gasteiger partial charge in [-0.1, -0.05) is 18.2 Å². The van der Waals surface area contributed by atoms with Gasteiger partial charge in [-0.2, -0.15) is 5.10 Å². The van der Waals surface area contributed by atoms with Gasteiger partial charge in [0.25, 0.3) is 5.91 Å². The lowest BCUT2D eigenvalue weighted by atomic mass is 10.1. The van der Waals surface area contributed by atoms with E-state index in [1.807, 2.05) is 12.1 Å². The van der Waals surface area contributed by atoms with Crippen molar-refractivity contribution in [1.29, 1.82) is 0 Å². The Morgan fingerprint density at radius 1 is 1.28 bits per heavy atom. The maximum absolute atomic E-state index is 12.2. The molecule has 3 aromatic heterocycles. The Balaban J connectivity index is 1.65. The van der Waals surface area contributed by atoms with Gasteiger partial charge in [0.15, 0.2) is 5.13 Å². The van der Waals surface area contributed by atoms with Gasteiger partial charge >= 0.3 is 5.63 Å². The molecular weight excluding hydrogens is 340 g/mol. The number of nitrogens with one attached hydrogen (secondary N) is 1. The van der Waals surface area contributed by atoms with Crippen molar-refractivity contribution in [3.63, 3.8) is 0 Å². The molecule has 0 aliphatic rings. The number of aromatic nitrogens is 3. The summed E-state index contributed by atoms with van der Waals surface area (Å²) in [6.45, 7) is 0.